The number of carboxylic acids is 1. The summed E-state index contributed by atoms with van der Waals surface area (Å²) in [5, 5.41) is 7.86. The van der Waals surface area contributed by atoms with Crippen LogP contribution in [0.3, 0.4) is 0 Å². The Hall–Kier alpha value is -0.341. The first-order valence-electron chi connectivity index (χ1n) is 1.84. The predicted octanol–water partition coefficient (Wildman–Crippen LogP) is 0.0476. The summed E-state index contributed by atoms with van der Waals surface area (Å²) in [7, 11) is 0. The minimum Gasteiger partial charge on any atom is -0.481 e. The summed E-state index contributed by atoms with van der Waals surface area (Å²) >= 11 is 0. The normalized spacial score (nSPS) is 7.12. The summed E-state index contributed by atoms with van der Waals surface area (Å²) < 4.78 is 0. The molecule has 8 heavy (non-hydrogen) atoms. The molecule has 4 heteroatoms. The molecular formula is C4H6FeO3. The van der Waals surface area contributed by atoms with Gasteiger partial charge in [-0.25, -0.2) is 0 Å². The number of rotatable bonds is 2. The molecule has 0 amide bonds. The molecule has 0 atom stereocenters. The van der Waals surface area contributed by atoms with E-state index in [0.717, 1.165) is 0 Å². The number of carbonyl (C=O) groups excluding carboxylic acids is 1. The van der Waals surface area contributed by atoms with Gasteiger partial charge in [-0.15, -0.1) is 0 Å². The van der Waals surface area contributed by atoms with E-state index in [1.807, 2.05) is 0 Å². The molecule has 0 saturated carbocycles. The van der Waals surface area contributed by atoms with E-state index in [1.165, 1.54) is 6.92 Å². The van der Waals surface area contributed by atoms with E-state index < -0.39 is 5.97 Å². The molecule has 0 aliphatic rings. The quantitative estimate of drug-likeness (QED) is 0.456. The monoisotopic (exact) mass is 158 g/mol. The van der Waals surface area contributed by atoms with Gasteiger partial charge in [0.15, 0.2) is 0 Å². The Bertz CT molecular complexity index is 87.5. The summed E-state index contributed by atoms with van der Waals surface area (Å²) in [6, 6.07) is 0. The van der Waals surface area contributed by atoms with Crippen LogP contribution in [-0.2, 0) is 26.7 Å². The van der Waals surface area contributed by atoms with Crippen molar-refractivity contribution in [1.29, 1.82) is 0 Å². The summed E-state index contributed by atoms with van der Waals surface area (Å²) in [6.45, 7) is 1.24. The molecule has 0 aliphatic heterocycles. The van der Waals surface area contributed by atoms with Crippen molar-refractivity contribution in [1.82, 2.24) is 0 Å². The summed E-state index contributed by atoms with van der Waals surface area (Å²) in [5.74, 6) is -1.37. The molecule has 0 saturated heterocycles. The van der Waals surface area contributed by atoms with Gasteiger partial charge in [-0.05, 0) is 6.92 Å². The zero-order valence-electron chi connectivity index (χ0n) is 4.32. The molecule has 0 unspecified atom stereocenters. The average molecular weight is 158 g/mol. The molecule has 0 bridgehead atoms. The second-order valence-corrected chi connectivity index (χ2v) is 1.27. The molecule has 48 valence electrons. The predicted molar refractivity (Wildman–Crippen MR) is 22.9 cm³/mol. The zero-order chi connectivity index (χ0) is 5.86. The third-order valence-electron chi connectivity index (χ3n) is 0.400. The Kier molecular flexibility index (Phi) is 6.38. The van der Waals surface area contributed by atoms with E-state index in [-0.39, 0.29) is 29.3 Å². The Morgan fingerprint density at radius 2 is 1.88 bits per heavy atom. The third-order valence-corrected chi connectivity index (χ3v) is 0.400. The van der Waals surface area contributed by atoms with E-state index in [0.29, 0.717) is 0 Å². The minimum absolute atomic E-state index is 0. The van der Waals surface area contributed by atoms with Crippen molar-refractivity contribution in [3.05, 3.63) is 0 Å². The maximum Gasteiger partial charge on any atom is 0.310 e. The van der Waals surface area contributed by atoms with Crippen molar-refractivity contribution < 1.29 is 31.8 Å². The fraction of sp³-hybridized carbons (Fsp3) is 0.500. The van der Waals surface area contributed by atoms with Crippen LogP contribution in [0.4, 0.5) is 0 Å². The molecular weight excluding hydrogens is 152 g/mol. The van der Waals surface area contributed by atoms with Gasteiger partial charge in [0, 0.05) is 17.1 Å². The smallest absolute Gasteiger partial charge is 0.310 e. The number of Topliss-reactive ketones (excluding diaryl/α,β-unsaturated/α-hetero) is 1. The topological polar surface area (TPSA) is 54.4 Å². The maximum absolute atomic E-state index is 9.87. The van der Waals surface area contributed by atoms with E-state index in [2.05, 4.69) is 0 Å². The van der Waals surface area contributed by atoms with Gasteiger partial charge < -0.3 is 5.11 Å². The Balaban J connectivity index is 0. The molecule has 0 rings (SSSR count). The minimum atomic E-state index is -1.06. The van der Waals surface area contributed by atoms with Crippen molar-refractivity contribution in [3.8, 4) is 0 Å². The molecule has 3 nitrogen and oxygen atoms in total. The molecule has 0 radical (unpaired) electrons. The zero-order valence-corrected chi connectivity index (χ0v) is 5.43. The molecule has 0 aromatic heterocycles. The Morgan fingerprint density at radius 3 is 1.88 bits per heavy atom. The van der Waals surface area contributed by atoms with Gasteiger partial charge in [-0.2, -0.15) is 0 Å². The van der Waals surface area contributed by atoms with Crippen LogP contribution in [0.1, 0.15) is 13.3 Å². The van der Waals surface area contributed by atoms with Crippen LogP contribution < -0.4 is 0 Å². The van der Waals surface area contributed by atoms with Gasteiger partial charge in [0.25, 0.3) is 0 Å². The van der Waals surface area contributed by atoms with E-state index in [1.54, 1.807) is 0 Å². The summed E-state index contributed by atoms with van der Waals surface area (Å²) in [6.07, 6.45) is -0.361. The molecule has 0 aromatic carbocycles. The number of carbonyl (C=O) groups is 2. The van der Waals surface area contributed by atoms with E-state index in [9.17, 15) is 9.59 Å². The van der Waals surface area contributed by atoms with E-state index >= 15 is 0 Å². The van der Waals surface area contributed by atoms with Gasteiger partial charge in [-0.3, -0.25) is 9.59 Å². The van der Waals surface area contributed by atoms with Crippen LogP contribution >= 0.6 is 0 Å². The maximum atomic E-state index is 9.87. The number of carboxylic acid groups (broad SMARTS) is 1. The van der Waals surface area contributed by atoms with Crippen LogP contribution in [0.5, 0.6) is 0 Å². The van der Waals surface area contributed by atoms with Gasteiger partial charge in [0.05, 0.1) is 0 Å². The second kappa shape index (κ2) is 4.81. The second-order valence-electron chi connectivity index (χ2n) is 1.27. The van der Waals surface area contributed by atoms with Crippen molar-refractivity contribution in [2.24, 2.45) is 0 Å². The van der Waals surface area contributed by atoms with Gasteiger partial charge in [-0.1, -0.05) is 0 Å². The summed E-state index contributed by atoms with van der Waals surface area (Å²) in [5.41, 5.74) is 0. The summed E-state index contributed by atoms with van der Waals surface area (Å²) in [4.78, 5) is 19.5. The molecule has 0 spiro atoms. The Morgan fingerprint density at radius 1 is 1.50 bits per heavy atom. The van der Waals surface area contributed by atoms with Gasteiger partial charge >= 0.3 is 5.97 Å². The van der Waals surface area contributed by atoms with E-state index in [4.69, 9.17) is 5.11 Å². The third kappa shape index (κ3) is 9.18. The molecule has 0 aliphatic carbocycles. The van der Waals surface area contributed by atoms with Crippen LogP contribution in [0, 0.1) is 0 Å². The number of hydrogen-bond acceptors (Lipinski definition) is 2. The van der Waals surface area contributed by atoms with Crippen molar-refractivity contribution >= 4 is 11.8 Å². The number of ketones is 1. The fourth-order valence-corrected chi connectivity index (χ4v) is 0.213. The molecule has 0 heterocycles. The van der Waals surface area contributed by atoms with Crippen molar-refractivity contribution in [3.63, 3.8) is 0 Å². The first-order valence-corrected chi connectivity index (χ1v) is 1.84. The van der Waals surface area contributed by atoms with Crippen LogP contribution in [0.25, 0.3) is 0 Å². The van der Waals surface area contributed by atoms with Crippen LogP contribution in [0.2, 0.25) is 0 Å². The standard InChI is InChI=1S/C4H6O3.Fe/c1-3(5)2-4(6)7;/h2H2,1H3,(H,6,7);. The van der Waals surface area contributed by atoms with Crippen LogP contribution in [0.15, 0.2) is 0 Å². The van der Waals surface area contributed by atoms with Gasteiger partial charge in [0.1, 0.15) is 12.2 Å². The fourth-order valence-electron chi connectivity index (χ4n) is 0.213. The number of hydrogen-bond donors (Lipinski definition) is 1. The van der Waals surface area contributed by atoms with Gasteiger partial charge in [0.2, 0.25) is 0 Å². The largest absolute Gasteiger partial charge is 0.481 e. The van der Waals surface area contributed by atoms with Crippen molar-refractivity contribution in [2.75, 3.05) is 0 Å². The molecule has 0 fully saturated rings. The number of aliphatic carboxylic acids is 1. The van der Waals surface area contributed by atoms with Crippen LogP contribution in [-0.4, -0.2) is 16.9 Å². The SMILES string of the molecule is CC(=O)CC(=O)O.[Fe]. The first kappa shape index (κ1) is 10.6. The van der Waals surface area contributed by atoms with Crippen molar-refractivity contribution in [2.45, 2.75) is 13.3 Å². The molecule has 1 N–H and O–H groups in total. The first-order chi connectivity index (χ1) is 3.13. The molecule has 0 aromatic rings. The average Bonchev–Trinajstić information content (AvgIpc) is 1.27. The Labute approximate surface area is 57.5 Å².